The first-order valence-corrected chi connectivity index (χ1v) is 10.9. The Kier molecular flexibility index (Phi) is 6.35. The fraction of sp³-hybridized carbons (Fsp3) is 0.600. The van der Waals surface area contributed by atoms with E-state index in [0.29, 0.717) is 30.0 Å². The summed E-state index contributed by atoms with van der Waals surface area (Å²) in [6.07, 6.45) is 2.38. The first kappa shape index (κ1) is 17.6. The summed E-state index contributed by atoms with van der Waals surface area (Å²) in [5.74, 6) is -0.404. The van der Waals surface area contributed by atoms with Crippen molar-refractivity contribution in [1.29, 1.82) is 0 Å². The van der Waals surface area contributed by atoms with Crippen molar-refractivity contribution in [3.8, 4) is 0 Å². The molecule has 0 bridgehead atoms. The summed E-state index contributed by atoms with van der Waals surface area (Å²) in [6, 6.07) is 1.06. The molecular weight excluding hydrogens is 286 g/mol. The SMILES string of the molecule is CCOC(=O)c1cn(COCC[Si](C)(C)C)c(C=O)c1C. The van der Waals surface area contributed by atoms with E-state index in [1.807, 2.05) is 0 Å². The van der Waals surface area contributed by atoms with Crippen LogP contribution in [0.5, 0.6) is 0 Å². The van der Waals surface area contributed by atoms with Crippen molar-refractivity contribution in [2.45, 2.75) is 46.3 Å². The third-order valence-corrected chi connectivity index (χ3v) is 4.92. The van der Waals surface area contributed by atoms with Gasteiger partial charge in [0.2, 0.25) is 0 Å². The predicted molar refractivity (Wildman–Crippen MR) is 84.6 cm³/mol. The van der Waals surface area contributed by atoms with E-state index in [1.165, 1.54) is 0 Å². The van der Waals surface area contributed by atoms with E-state index in [4.69, 9.17) is 9.47 Å². The summed E-state index contributed by atoms with van der Waals surface area (Å²) in [5.41, 5.74) is 1.52. The summed E-state index contributed by atoms with van der Waals surface area (Å²) < 4.78 is 12.3. The highest BCUT2D eigenvalue weighted by molar-refractivity contribution is 6.76. The maximum atomic E-state index is 11.8. The van der Waals surface area contributed by atoms with Gasteiger partial charge in [-0.25, -0.2) is 4.79 Å². The summed E-state index contributed by atoms with van der Waals surface area (Å²) in [6.45, 7) is 11.6. The van der Waals surface area contributed by atoms with Gasteiger partial charge in [-0.3, -0.25) is 4.79 Å². The number of hydrogen-bond donors (Lipinski definition) is 0. The molecule has 0 unspecified atom stereocenters. The molecule has 118 valence electrons. The van der Waals surface area contributed by atoms with Gasteiger partial charge in [-0.2, -0.15) is 0 Å². The topological polar surface area (TPSA) is 57.5 Å². The number of aromatic nitrogens is 1. The average Bonchev–Trinajstić information content (AvgIpc) is 2.70. The van der Waals surface area contributed by atoms with E-state index in [1.54, 1.807) is 24.6 Å². The van der Waals surface area contributed by atoms with E-state index in [2.05, 4.69) is 19.6 Å². The van der Waals surface area contributed by atoms with Crippen LogP contribution in [0.4, 0.5) is 0 Å². The van der Waals surface area contributed by atoms with Gasteiger partial charge in [0.05, 0.1) is 17.9 Å². The van der Waals surface area contributed by atoms with Crippen LogP contribution in [0.1, 0.15) is 33.3 Å². The van der Waals surface area contributed by atoms with Crippen molar-refractivity contribution in [3.05, 3.63) is 23.0 Å². The average molecular weight is 311 g/mol. The Hall–Kier alpha value is -1.40. The predicted octanol–water partition coefficient (Wildman–Crippen LogP) is 3.10. The Balaban J connectivity index is 2.76. The first-order chi connectivity index (χ1) is 9.80. The van der Waals surface area contributed by atoms with Gasteiger partial charge in [0.15, 0.2) is 6.29 Å². The smallest absolute Gasteiger partial charge is 0.339 e. The van der Waals surface area contributed by atoms with Crippen LogP contribution in [0.2, 0.25) is 25.7 Å². The van der Waals surface area contributed by atoms with Crippen LogP contribution in [0.25, 0.3) is 0 Å². The van der Waals surface area contributed by atoms with E-state index in [-0.39, 0.29) is 6.73 Å². The number of aldehydes is 1. The molecule has 6 heteroatoms. The zero-order chi connectivity index (χ0) is 16.0. The second kappa shape index (κ2) is 7.56. The van der Waals surface area contributed by atoms with Crippen LogP contribution in [0.3, 0.4) is 0 Å². The Morgan fingerprint density at radius 2 is 2.05 bits per heavy atom. The van der Waals surface area contributed by atoms with Gasteiger partial charge >= 0.3 is 5.97 Å². The highest BCUT2D eigenvalue weighted by atomic mass is 28.3. The zero-order valence-corrected chi connectivity index (χ0v) is 14.6. The molecule has 0 fully saturated rings. The fourth-order valence-corrected chi connectivity index (χ4v) is 2.65. The van der Waals surface area contributed by atoms with Crippen molar-refractivity contribution in [2.75, 3.05) is 13.2 Å². The lowest BCUT2D eigenvalue weighted by Gasteiger charge is -2.15. The number of carbonyl (C=O) groups is 2. The number of esters is 1. The molecule has 0 aliphatic heterocycles. The molecule has 0 amide bonds. The highest BCUT2D eigenvalue weighted by Gasteiger charge is 2.18. The molecule has 0 radical (unpaired) electrons. The molecule has 0 saturated carbocycles. The molecule has 1 aromatic heterocycles. The lowest BCUT2D eigenvalue weighted by Crippen LogP contribution is -2.22. The first-order valence-electron chi connectivity index (χ1n) is 7.20. The normalized spacial score (nSPS) is 11.5. The van der Waals surface area contributed by atoms with Gasteiger partial charge in [0.25, 0.3) is 0 Å². The van der Waals surface area contributed by atoms with E-state index in [0.717, 1.165) is 12.3 Å². The van der Waals surface area contributed by atoms with Crippen LogP contribution in [0, 0.1) is 6.92 Å². The lowest BCUT2D eigenvalue weighted by atomic mass is 10.2. The van der Waals surface area contributed by atoms with Crippen molar-refractivity contribution in [3.63, 3.8) is 0 Å². The molecular formula is C15H25NO4Si. The van der Waals surface area contributed by atoms with Crippen molar-refractivity contribution >= 4 is 20.3 Å². The van der Waals surface area contributed by atoms with E-state index in [9.17, 15) is 9.59 Å². The third kappa shape index (κ3) is 5.13. The number of ether oxygens (including phenoxy) is 2. The molecule has 5 nitrogen and oxygen atoms in total. The van der Waals surface area contributed by atoms with Crippen LogP contribution in [-0.4, -0.2) is 38.1 Å². The Bertz CT molecular complexity index is 503. The molecule has 0 spiro atoms. The van der Waals surface area contributed by atoms with Gasteiger partial charge in [-0.1, -0.05) is 19.6 Å². The molecule has 0 aromatic carbocycles. The molecule has 0 atom stereocenters. The minimum absolute atomic E-state index is 0.277. The number of hydrogen-bond acceptors (Lipinski definition) is 4. The number of rotatable bonds is 8. The maximum absolute atomic E-state index is 11.8. The molecule has 1 rings (SSSR count). The van der Waals surface area contributed by atoms with Gasteiger partial charge in [-0.05, 0) is 25.5 Å². The standard InChI is InChI=1S/C15H25NO4Si/c1-6-20-15(18)13-9-16(14(10-17)12(13)2)11-19-7-8-21(3,4)5/h9-10H,6-8,11H2,1-5H3. The molecule has 1 heterocycles. The molecule has 1 aromatic rings. The van der Waals surface area contributed by atoms with Crippen LogP contribution < -0.4 is 0 Å². The van der Waals surface area contributed by atoms with Crippen molar-refractivity contribution < 1.29 is 19.1 Å². The minimum Gasteiger partial charge on any atom is -0.462 e. The van der Waals surface area contributed by atoms with E-state index >= 15 is 0 Å². The molecule has 21 heavy (non-hydrogen) atoms. The Labute approximate surface area is 127 Å². The Morgan fingerprint density at radius 3 is 2.57 bits per heavy atom. The molecule has 0 aliphatic rings. The molecule has 0 saturated heterocycles. The van der Waals surface area contributed by atoms with Gasteiger partial charge in [0.1, 0.15) is 6.73 Å². The number of nitrogens with zero attached hydrogens (tertiary/aromatic N) is 1. The number of carbonyl (C=O) groups excluding carboxylic acids is 2. The quantitative estimate of drug-likeness (QED) is 0.320. The molecule has 0 aliphatic carbocycles. The van der Waals surface area contributed by atoms with E-state index < -0.39 is 14.0 Å². The third-order valence-electron chi connectivity index (χ3n) is 3.22. The van der Waals surface area contributed by atoms with Crippen LogP contribution in [0.15, 0.2) is 6.20 Å². The van der Waals surface area contributed by atoms with Crippen molar-refractivity contribution in [1.82, 2.24) is 4.57 Å². The summed E-state index contributed by atoms with van der Waals surface area (Å²) in [4.78, 5) is 23.0. The Morgan fingerprint density at radius 1 is 1.38 bits per heavy atom. The maximum Gasteiger partial charge on any atom is 0.339 e. The van der Waals surface area contributed by atoms with Crippen LogP contribution >= 0.6 is 0 Å². The summed E-state index contributed by atoms with van der Waals surface area (Å²) >= 11 is 0. The second-order valence-electron chi connectivity index (χ2n) is 6.21. The molecule has 0 N–H and O–H groups in total. The van der Waals surface area contributed by atoms with Crippen LogP contribution in [-0.2, 0) is 16.2 Å². The van der Waals surface area contributed by atoms with Crippen molar-refractivity contribution in [2.24, 2.45) is 0 Å². The lowest BCUT2D eigenvalue weighted by molar-refractivity contribution is 0.0524. The zero-order valence-electron chi connectivity index (χ0n) is 13.6. The highest BCUT2D eigenvalue weighted by Crippen LogP contribution is 2.17. The minimum atomic E-state index is -1.13. The summed E-state index contributed by atoms with van der Waals surface area (Å²) in [5, 5.41) is 0. The summed E-state index contributed by atoms with van der Waals surface area (Å²) in [7, 11) is -1.13. The van der Waals surface area contributed by atoms with Gasteiger partial charge in [0, 0.05) is 20.9 Å². The van der Waals surface area contributed by atoms with Gasteiger partial charge in [-0.15, -0.1) is 0 Å². The largest absolute Gasteiger partial charge is 0.462 e. The second-order valence-corrected chi connectivity index (χ2v) is 11.8. The monoisotopic (exact) mass is 311 g/mol. The van der Waals surface area contributed by atoms with Gasteiger partial charge < -0.3 is 14.0 Å². The fourth-order valence-electron chi connectivity index (χ4n) is 1.89.